The quantitative estimate of drug-likeness (QED) is 0.0272. The second kappa shape index (κ2) is 35.4. The van der Waals surface area contributed by atoms with Crippen LogP contribution in [0.3, 0.4) is 0 Å². The second-order valence-corrected chi connectivity index (χ2v) is 15.9. The Hall–Kier alpha value is -1.07. The first kappa shape index (κ1) is 49.9. The van der Waals surface area contributed by atoms with Crippen molar-refractivity contribution in [3.8, 4) is 0 Å². The van der Waals surface area contributed by atoms with E-state index in [9.17, 15) is 30.3 Å². The van der Waals surface area contributed by atoms with E-state index in [1.54, 1.807) is 6.08 Å². The molecule has 0 radical (unpaired) electrons. The van der Waals surface area contributed by atoms with E-state index >= 15 is 0 Å². The van der Waals surface area contributed by atoms with Gasteiger partial charge in [-0.3, -0.25) is 4.79 Å². The summed E-state index contributed by atoms with van der Waals surface area (Å²) < 4.78 is 11.2. The van der Waals surface area contributed by atoms with Gasteiger partial charge < -0.3 is 40.3 Å². The standard InChI is InChI=1S/C44H85NO8/c1-3-5-7-9-11-13-15-17-18-19-20-22-23-25-27-29-31-33-38(47)37(36-52-44-43(51)42(50)41(49)39(35-46)53-44)45-40(48)34-32-30-28-26-24-21-16-14-12-10-8-6-4-2/h31,33,37-39,41-44,46-47,49-51H,3-30,32,34-36H2,1-2H3,(H,45,48)/b33-31+/t37-,38+,39+,41-,42?,43?,44+/m0/s1. The smallest absolute Gasteiger partial charge is 0.220 e. The molecule has 0 aromatic carbocycles. The van der Waals surface area contributed by atoms with E-state index in [0.29, 0.717) is 6.42 Å². The van der Waals surface area contributed by atoms with Crippen molar-refractivity contribution in [1.82, 2.24) is 5.32 Å². The van der Waals surface area contributed by atoms with Crippen molar-refractivity contribution < 1.29 is 39.8 Å². The van der Waals surface area contributed by atoms with Crippen LogP contribution in [-0.4, -0.2) is 87.5 Å². The van der Waals surface area contributed by atoms with Crippen molar-refractivity contribution in [2.24, 2.45) is 0 Å². The van der Waals surface area contributed by atoms with Gasteiger partial charge in [-0.25, -0.2) is 0 Å². The molecule has 2 unspecified atom stereocenters. The van der Waals surface area contributed by atoms with Gasteiger partial charge in [-0.1, -0.05) is 193 Å². The average molecular weight is 756 g/mol. The summed E-state index contributed by atoms with van der Waals surface area (Å²) in [6.45, 7) is 3.77. The normalized spacial score (nSPS) is 21.7. The summed E-state index contributed by atoms with van der Waals surface area (Å²) in [4.78, 5) is 12.9. The van der Waals surface area contributed by atoms with Crippen molar-refractivity contribution in [2.45, 2.75) is 249 Å². The Bertz CT molecular complexity index is 842. The lowest BCUT2D eigenvalue weighted by Crippen LogP contribution is -2.60. The van der Waals surface area contributed by atoms with Gasteiger partial charge >= 0.3 is 0 Å². The van der Waals surface area contributed by atoms with Crippen molar-refractivity contribution >= 4 is 5.91 Å². The van der Waals surface area contributed by atoms with Crippen LogP contribution in [-0.2, 0) is 14.3 Å². The second-order valence-electron chi connectivity index (χ2n) is 15.9. The molecule has 9 heteroatoms. The van der Waals surface area contributed by atoms with E-state index in [2.05, 4.69) is 19.2 Å². The Labute approximate surface area is 325 Å². The molecule has 53 heavy (non-hydrogen) atoms. The van der Waals surface area contributed by atoms with Crippen LogP contribution in [0.4, 0.5) is 0 Å². The number of rotatable bonds is 37. The molecule has 6 N–H and O–H groups in total. The Morgan fingerprint density at radius 1 is 0.623 bits per heavy atom. The number of unbranched alkanes of at least 4 members (excludes halogenated alkanes) is 27. The maximum atomic E-state index is 12.9. The molecule has 0 aliphatic carbocycles. The number of allylic oxidation sites excluding steroid dienone is 1. The Morgan fingerprint density at radius 2 is 1.04 bits per heavy atom. The SMILES string of the molecule is CCCCCCCCCCCCCCCCC/C=C/[C@@H](O)[C@H](CO[C@@H]1O[C@H](CO)[C@H](O)C(O)C1O)NC(=O)CCCCCCCCCCCCCCC. The number of ether oxygens (including phenoxy) is 2. The highest BCUT2D eigenvalue weighted by Gasteiger charge is 2.44. The molecule has 1 aliphatic heterocycles. The third kappa shape index (κ3) is 26.4. The first-order valence-electron chi connectivity index (χ1n) is 22.4. The summed E-state index contributed by atoms with van der Waals surface area (Å²) in [5.74, 6) is -0.176. The van der Waals surface area contributed by atoms with E-state index in [0.717, 1.165) is 38.5 Å². The van der Waals surface area contributed by atoms with Crippen LogP contribution in [0.2, 0.25) is 0 Å². The Balaban J connectivity index is 2.37. The number of aliphatic hydroxyl groups excluding tert-OH is 5. The van der Waals surface area contributed by atoms with E-state index in [4.69, 9.17) is 9.47 Å². The topological polar surface area (TPSA) is 149 Å². The van der Waals surface area contributed by atoms with Crippen LogP contribution in [0.1, 0.15) is 206 Å². The highest BCUT2D eigenvalue weighted by Crippen LogP contribution is 2.23. The average Bonchev–Trinajstić information content (AvgIpc) is 3.16. The maximum Gasteiger partial charge on any atom is 0.220 e. The first-order chi connectivity index (χ1) is 25.8. The molecule has 314 valence electrons. The summed E-state index contributed by atoms with van der Waals surface area (Å²) in [5, 5.41) is 54.1. The van der Waals surface area contributed by atoms with Gasteiger partial charge in [0.2, 0.25) is 5.91 Å². The Kier molecular flexibility index (Phi) is 33.3. The molecule has 7 atom stereocenters. The highest BCUT2D eigenvalue weighted by molar-refractivity contribution is 5.76. The molecule has 0 aromatic rings. The van der Waals surface area contributed by atoms with Crippen molar-refractivity contribution in [2.75, 3.05) is 13.2 Å². The highest BCUT2D eigenvalue weighted by atomic mass is 16.7. The molecule has 0 bridgehead atoms. The summed E-state index contributed by atoms with van der Waals surface area (Å²) in [7, 11) is 0. The van der Waals surface area contributed by atoms with E-state index < -0.39 is 49.5 Å². The minimum Gasteiger partial charge on any atom is -0.394 e. The van der Waals surface area contributed by atoms with Crippen molar-refractivity contribution in [3.05, 3.63) is 12.2 Å². The summed E-state index contributed by atoms with van der Waals surface area (Å²) >= 11 is 0. The number of carbonyl (C=O) groups excluding carboxylic acids is 1. The molecule has 1 heterocycles. The lowest BCUT2D eigenvalue weighted by Gasteiger charge is -2.40. The molecule has 1 fully saturated rings. The number of hydrogen-bond donors (Lipinski definition) is 6. The fourth-order valence-electron chi connectivity index (χ4n) is 7.21. The minimum atomic E-state index is -1.56. The van der Waals surface area contributed by atoms with Gasteiger partial charge in [0.05, 0.1) is 25.4 Å². The molecule has 9 nitrogen and oxygen atoms in total. The minimum absolute atomic E-state index is 0.176. The number of carbonyl (C=O) groups is 1. The van der Waals surface area contributed by atoms with Crippen LogP contribution in [0.25, 0.3) is 0 Å². The predicted molar refractivity (Wildman–Crippen MR) is 217 cm³/mol. The molecule has 1 rings (SSSR count). The van der Waals surface area contributed by atoms with Crippen LogP contribution >= 0.6 is 0 Å². The van der Waals surface area contributed by atoms with Crippen molar-refractivity contribution in [1.29, 1.82) is 0 Å². The van der Waals surface area contributed by atoms with Gasteiger partial charge in [0.25, 0.3) is 0 Å². The molecule has 0 saturated carbocycles. The molecule has 1 aliphatic rings. The molecular formula is C44H85NO8. The predicted octanol–water partition coefficient (Wildman–Crippen LogP) is 8.95. The van der Waals surface area contributed by atoms with Crippen LogP contribution in [0.5, 0.6) is 0 Å². The van der Waals surface area contributed by atoms with E-state index in [1.165, 1.54) is 148 Å². The molecule has 1 saturated heterocycles. The number of nitrogens with one attached hydrogen (secondary N) is 1. The van der Waals surface area contributed by atoms with Gasteiger partial charge in [-0.15, -0.1) is 0 Å². The fourth-order valence-corrected chi connectivity index (χ4v) is 7.21. The van der Waals surface area contributed by atoms with Gasteiger partial charge in [-0.2, -0.15) is 0 Å². The molecular weight excluding hydrogens is 670 g/mol. The zero-order chi connectivity index (χ0) is 38.8. The number of hydrogen-bond acceptors (Lipinski definition) is 8. The molecule has 0 aromatic heterocycles. The number of amides is 1. The van der Waals surface area contributed by atoms with Gasteiger partial charge in [-0.05, 0) is 19.3 Å². The zero-order valence-corrected chi connectivity index (χ0v) is 34.3. The Morgan fingerprint density at radius 3 is 1.47 bits per heavy atom. The number of aliphatic hydroxyl groups is 5. The fraction of sp³-hybridized carbons (Fsp3) is 0.932. The van der Waals surface area contributed by atoms with Crippen LogP contribution in [0.15, 0.2) is 12.2 Å². The first-order valence-corrected chi connectivity index (χ1v) is 22.4. The molecule has 0 spiro atoms. The van der Waals surface area contributed by atoms with Crippen molar-refractivity contribution in [3.63, 3.8) is 0 Å². The summed E-state index contributed by atoms with van der Waals surface area (Å²) in [6, 6.07) is -0.797. The summed E-state index contributed by atoms with van der Waals surface area (Å²) in [5.41, 5.74) is 0. The van der Waals surface area contributed by atoms with E-state index in [1.807, 2.05) is 6.08 Å². The third-order valence-electron chi connectivity index (χ3n) is 10.9. The monoisotopic (exact) mass is 756 g/mol. The summed E-state index contributed by atoms with van der Waals surface area (Å²) in [6.07, 6.45) is 32.5. The zero-order valence-electron chi connectivity index (χ0n) is 34.3. The maximum absolute atomic E-state index is 12.9. The molecule has 1 amide bonds. The lowest BCUT2D eigenvalue weighted by molar-refractivity contribution is -0.302. The van der Waals surface area contributed by atoms with Gasteiger partial charge in [0.15, 0.2) is 6.29 Å². The largest absolute Gasteiger partial charge is 0.394 e. The van der Waals surface area contributed by atoms with Crippen LogP contribution < -0.4 is 5.32 Å². The van der Waals surface area contributed by atoms with Gasteiger partial charge in [0.1, 0.15) is 24.4 Å². The van der Waals surface area contributed by atoms with Crippen LogP contribution in [0, 0.1) is 0 Å². The third-order valence-corrected chi connectivity index (χ3v) is 10.9. The van der Waals surface area contributed by atoms with Gasteiger partial charge in [0, 0.05) is 6.42 Å². The van der Waals surface area contributed by atoms with E-state index in [-0.39, 0.29) is 12.5 Å². The lowest BCUT2D eigenvalue weighted by atomic mass is 9.99.